The summed E-state index contributed by atoms with van der Waals surface area (Å²) in [5.41, 5.74) is 7.53. The summed E-state index contributed by atoms with van der Waals surface area (Å²) in [7, 11) is 1.63. The van der Waals surface area contributed by atoms with Crippen LogP contribution in [0, 0.1) is 6.92 Å². The lowest BCUT2D eigenvalue weighted by Crippen LogP contribution is -2.34. The van der Waals surface area contributed by atoms with Crippen molar-refractivity contribution in [2.75, 3.05) is 19.5 Å². The van der Waals surface area contributed by atoms with Crippen molar-refractivity contribution in [2.45, 2.75) is 25.6 Å². The van der Waals surface area contributed by atoms with Gasteiger partial charge in [0.1, 0.15) is 11.8 Å². The largest absolute Gasteiger partial charge is 0.497 e. The molecule has 0 fully saturated rings. The molecule has 106 valence electrons. The predicted octanol–water partition coefficient (Wildman–Crippen LogP) is 1.52. The summed E-state index contributed by atoms with van der Waals surface area (Å²) in [6.45, 7) is 4.04. The number of aryl methyl sites for hydroxylation is 1. The first-order chi connectivity index (χ1) is 9.06. The Kier molecular flexibility index (Phi) is 6.66. The molecule has 6 heteroatoms. The van der Waals surface area contributed by atoms with Gasteiger partial charge in [0.15, 0.2) is 0 Å². The molecular weight excluding hydrogens is 264 g/mol. The fourth-order valence-corrected chi connectivity index (χ4v) is 2.37. The Morgan fingerprint density at radius 1 is 1.53 bits per heavy atom. The van der Waals surface area contributed by atoms with Gasteiger partial charge >= 0.3 is 5.97 Å². The molecule has 1 unspecified atom stereocenters. The first kappa shape index (κ1) is 15.8. The van der Waals surface area contributed by atoms with E-state index >= 15 is 0 Å². The van der Waals surface area contributed by atoms with E-state index in [2.05, 4.69) is 4.98 Å². The number of aromatic nitrogens is 1. The third-order valence-electron chi connectivity index (χ3n) is 2.35. The molecule has 1 heterocycles. The normalized spacial score (nSPS) is 12.0. The number of pyridine rings is 1. The molecule has 1 aromatic heterocycles. The van der Waals surface area contributed by atoms with Gasteiger partial charge in [-0.2, -0.15) is 11.8 Å². The molecule has 0 aliphatic rings. The van der Waals surface area contributed by atoms with Gasteiger partial charge in [0.25, 0.3) is 0 Å². The van der Waals surface area contributed by atoms with Crippen LogP contribution in [0.1, 0.15) is 18.3 Å². The minimum Gasteiger partial charge on any atom is -0.497 e. The maximum atomic E-state index is 11.3. The van der Waals surface area contributed by atoms with Gasteiger partial charge < -0.3 is 15.2 Å². The fraction of sp³-hybridized carbons (Fsp3) is 0.538. The Morgan fingerprint density at radius 3 is 2.89 bits per heavy atom. The molecule has 1 rings (SSSR count). The van der Waals surface area contributed by atoms with Crippen LogP contribution < -0.4 is 10.5 Å². The topological polar surface area (TPSA) is 74.4 Å². The van der Waals surface area contributed by atoms with Crippen LogP contribution in [0.25, 0.3) is 0 Å². The van der Waals surface area contributed by atoms with Crippen LogP contribution in [0.4, 0.5) is 0 Å². The number of carbonyl (C=O) groups is 1. The molecule has 5 nitrogen and oxygen atoms in total. The van der Waals surface area contributed by atoms with Crippen molar-refractivity contribution in [1.29, 1.82) is 0 Å². The van der Waals surface area contributed by atoms with Crippen LogP contribution in [-0.2, 0) is 15.3 Å². The van der Waals surface area contributed by atoms with Crippen LogP contribution in [0.3, 0.4) is 0 Å². The summed E-state index contributed by atoms with van der Waals surface area (Å²) >= 11 is 1.55. The molecule has 0 radical (unpaired) electrons. The lowest BCUT2D eigenvalue weighted by molar-refractivity contribution is -0.144. The van der Waals surface area contributed by atoms with Gasteiger partial charge in [-0.15, -0.1) is 0 Å². The van der Waals surface area contributed by atoms with Crippen LogP contribution in [-0.4, -0.2) is 36.5 Å². The van der Waals surface area contributed by atoms with Crippen molar-refractivity contribution in [1.82, 2.24) is 4.98 Å². The van der Waals surface area contributed by atoms with E-state index in [-0.39, 0.29) is 5.97 Å². The number of hydrogen-bond donors (Lipinski definition) is 1. The minimum absolute atomic E-state index is 0.355. The maximum absolute atomic E-state index is 11.3. The number of methoxy groups -OCH3 is 1. The summed E-state index contributed by atoms with van der Waals surface area (Å²) in [5.74, 6) is 1.63. The number of thioether (sulfide) groups is 1. The van der Waals surface area contributed by atoms with Crippen molar-refractivity contribution in [3.05, 3.63) is 23.5 Å². The summed E-state index contributed by atoms with van der Waals surface area (Å²) < 4.78 is 10.0. The van der Waals surface area contributed by atoms with Crippen molar-refractivity contribution in [3.8, 4) is 5.75 Å². The Labute approximate surface area is 117 Å². The molecule has 19 heavy (non-hydrogen) atoms. The zero-order valence-electron chi connectivity index (χ0n) is 11.5. The van der Waals surface area contributed by atoms with Crippen LogP contribution in [0.15, 0.2) is 12.1 Å². The first-order valence-corrected chi connectivity index (χ1v) is 7.23. The standard InChI is InChI=1S/C13H20N2O3S/c1-4-18-13(16)12(14)8-19-7-10-6-11(17-3)5-9(2)15-10/h5-6,12H,4,7-8,14H2,1-3H3. The van der Waals surface area contributed by atoms with Crippen molar-refractivity contribution >= 4 is 17.7 Å². The zero-order chi connectivity index (χ0) is 14.3. The van der Waals surface area contributed by atoms with E-state index in [4.69, 9.17) is 15.2 Å². The zero-order valence-corrected chi connectivity index (χ0v) is 12.3. The Hall–Kier alpha value is -1.27. The van der Waals surface area contributed by atoms with E-state index in [1.54, 1.807) is 25.8 Å². The molecule has 1 aromatic rings. The second-order valence-corrected chi connectivity index (χ2v) is 5.04. The molecule has 1 atom stereocenters. The van der Waals surface area contributed by atoms with Gasteiger partial charge in [-0.05, 0) is 13.8 Å². The van der Waals surface area contributed by atoms with E-state index in [0.29, 0.717) is 18.1 Å². The number of nitrogens with zero attached hydrogens (tertiary/aromatic N) is 1. The van der Waals surface area contributed by atoms with Gasteiger partial charge in [-0.1, -0.05) is 0 Å². The highest BCUT2D eigenvalue weighted by Crippen LogP contribution is 2.18. The minimum atomic E-state index is -0.586. The van der Waals surface area contributed by atoms with Crippen LogP contribution in [0.5, 0.6) is 5.75 Å². The van der Waals surface area contributed by atoms with E-state index in [0.717, 1.165) is 17.1 Å². The van der Waals surface area contributed by atoms with Gasteiger partial charge in [-0.3, -0.25) is 9.78 Å². The molecule has 0 aromatic carbocycles. The Morgan fingerprint density at radius 2 is 2.26 bits per heavy atom. The maximum Gasteiger partial charge on any atom is 0.323 e. The second-order valence-electron chi connectivity index (χ2n) is 4.01. The summed E-state index contributed by atoms with van der Waals surface area (Å²) in [4.78, 5) is 15.7. The third-order valence-corrected chi connectivity index (χ3v) is 3.45. The molecule has 0 saturated heterocycles. The fourth-order valence-electron chi connectivity index (χ4n) is 1.50. The first-order valence-electron chi connectivity index (χ1n) is 6.08. The lowest BCUT2D eigenvalue weighted by atomic mass is 10.3. The molecule has 2 N–H and O–H groups in total. The van der Waals surface area contributed by atoms with Crippen molar-refractivity contribution < 1.29 is 14.3 Å². The Bertz CT molecular complexity index is 426. The summed E-state index contributed by atoms with van der Waals surface area (Å²) in [6.07, 6.45) is 0. The molecule has 0 bridgehead atoms. The summed E-state index contributed by atoms with van der Waals surface area (Å²) in [5, 5.41) is 0. The highest BCUT2D eigenvalue weighted by molar-refractivity contribution is 7.98. The third kappa shape index (κ3) is 5.48. The van der Waals surface area contributed by atoms with Crippen LogP contribution in [0.2, 0.25) is 0 Å². The average molecular weight is 284 g/mol. The quantitative estimate of drug-likeness (QED) is 0.765. The van der Waals surface area contributed by atoms with Gasteiger partial charge in [0, 0.05) is 29.3 Å². The van der Waals surface area contributed by atoms with Crippen molar-refractivity contribution in [2.24, 2.45) is 5.73 Å². The summed E-state index contributed by atoms with van der Waals surface area (Å²) in [6, 6.07) is 3.17. The molecule has 0 saturated carbocycles. The highest BCUT2D eigenvalue weighted by atomic mass is 32.2. The highest BCUT2D eigenvalue weighted by Gasteiger charge is 2.14. The van der Waals surface area contributed by atoms with E-state index < -0.39 is 6.04 Å². The number of carbonyl (C=O) groups excluding carboxylic acids is 1. The van der Waals surface area contributed by atoms with Gasteiger partial charge in [0.05, 0.1) is 19.4 Å². The Balaban J connectivity index is 2.44. The van der Waals surface area contributed by atoms with Gasteiger partial charge in [0.2, 0.25) is 0 Å². The number of hydrogen-bond acceptors (Lipinski definition) is 6. The molecule has 0 amide bonds. The predicted molar refractivity (Wildman–Crippen MR) is 76.3 cm³/mol. The number of nitrogens with two attached hydrogens (primary N) is 1. The smallest absolute Gasteiger partial charge is 0.323 e. The van der Waals surface area contributed by atoms with E-state index in [9.17, 15) is 4.79 Å². The lowest BCUT2D eigenvalue weighted by Gasteiger charge is -2.10. The van der Waals surface area contributed by atoms with E-state index in [1.807, 2.05) is 19.1 Å². The average Bonchev–Trinajstić information content (AvgIpc) is 2.38. The van der Waals surface area contributed by atoms with Crippen LogP contribution >= 0.6 is 11.8 Å². The second kappa shape index (κ2) is 8.01. The SMILES string of the molecule is CCOC(=O)C(N)CSCc1cc(OC)cc(C)n1. The molecule has 0 spiro atoms. The molecule has 0 aliphatic heterocycles. The van der Waals surface area contributed by atoms with E-state index in [1.165, 1.54) is 0 Å². The monoisotopic (exact) mass is 284 g/mol. The number of esters is 1. The number of ether oxygens (including phenoxy) is 2. The van der Waals surface area contributed by atoms with Gasteiger partial charge in [-0.25, -0.2) is 0 Å². The number of rotatable bonds is 7. The molecular formula is C13H20N2O3S. The molecule has 0 aliphatic carbocycles. The van der Waals surface area contributed by atoms with Crippen molar-refractivity contribution in [3.63, 3.8) is 0 Å².